The molecule has 1 aromatic heterocycles. The van der Waals surface area contributed by atoms with Gasteiger partial charge in [-0.1, -0.05) is 17.8 Å². The minimum absolute atomic E-state index is 0.0283. The number of benzene rings is 1. The molecule has 0 amide bonds. The molecular formula is C10H9N3O3S2. The summed E-state index contributed by atoms with van der Waals surface area (Å²) < 4.78 is 4.68. The average molecular weight is 283 g/mol. The first-order valence-electron chi connectivity index (χ1n) is 4.96. The molecule has 0 saturated carbocycles. The van der Waals surface area contributed by atoms with Crippen LogP contribution in [-0.4, -0.2) is 19.4 Å². The van der Waals surface area contributed by atoms with Gasteiger partial charge in [0.15, 0.2) is 4.34 Å². The smallest absolute Gasteiger partial charge is 0.283 e. The molecule has 1 N–H and O–H groups in total. The minimum atomic E-state index is -0.463. The zero-order valence-corrected chi connectivity index (χ0v) is 11.0. The van der Waals surface area contributed by atoms with E-state index in [1.807, 2.05) is 0 Å². The van der Waals surface area contributed by atoms with Gasteiger partial charge in [0.1, 0.15) is 5.82 Å². The molecule has 0 aliphatic heterocycles. The summed E-state index contributed by atoms with van der Waals surface area (Å²) >= 11 is 2.41. The number of aromatic nitrogens is 2. The predicted octanol–water partition coefficient (Wildman–Crippen LogP) is 2.40. The lowest BCUT2D eigenvalue weighted by Gasteiger charge is -2.02. The van der Waals surface area contributed by atoms with Crippen molar-refractivity contribution in [3.8, 4) is 0 Å². The number of nitro groups is 1. The highest BCUT2D eigenvalue weighted by Crippen LogP contribution is 2.36. The van der Waals surface area contributed by atoms with E-state index in [-0.39, 0.29) is 12.3 Å². The van der Waals surface area contributed by atoms with E-state index in [4.69, 9.17) is 5.11 Å². The van der Waals surface area contributed by atoms with Crippen molar-refractivity contribution in [3.05, 3.63) is 39.7 Å². The second-order valence-corrected chi connectivity index (χ2v) is 5.47. The van der Waals surface area contributed by atoms with Crippen LogP contribution in [-0.2, 0) is 6.61 Å². The van der Waals surface area contributed by atoms with E-state index in [9.17, 15) is 10.1 Å². The fourth-order valence-electron chi connectivity index (χ4n) is 1.30. The predicted molar refractivity (Wildman–Crippen MR) is 67.8 cm³/mol. The lowest BCUT2D eigenvalue weighted by atomic mass is 10.2. The van der Waals surface area contributed by atoms with Gasteiger partial charge in [0.05, 0.1) is 16.4 Å². The number of nitrogens with zero attached hydrogens (tertiary/aromatic N) is 3. The average Bonchev–Trinajstić information content (AvgIpc) is 2.75. The van der Waals surface area contributed by atoms with Crippen LogP contribution < -0.4 is 0 Å². The van der Waals surface area contributed by atoms with Crippen LogP contribution >= 0.6 is 23.3 Å². The van der Waals surface area contributed by atoms with Crippen LogP contribution in [0.3, 0.4) is 0 Å². The highest BCUT2D eigenvalue weighted by molar-refractivity contribution is 8.01. The maximum Gasteiger partial charge on any atom is 0.283 e. The van der Waals surface area contributed by atoms with E-state index in [1.54, 1.807) is 19.1 Å². The molecule has 0 saturated heterocycles. The van der Waals surface area contributed by atoms with Crippen molar-refractivity contribution in [3.63, 3.8) is 0 Å². The molecule has 0 spiro atoms. The molecule has 6 nitrogen and oxygen atoms in total. The van der Waals surface area contributed by atoms with E-state index in [0.717, 1.165) is 0 Å². The standard InChI is InChI=1S/C10H9N3O3S2/c1-6-11-10(18-12-6)17-9-3-2-7(5-14)4-8(9)13(15)16/h2-4,14H,5H2,1H3. The Hall–Kier alpha value is -1.51. The maximum atomic E-state index is 11.0. The molecule has 2 aromatic rings. The third kappa shape index (κ3) is 2.84. The zero-order chi connectivity index (χ0) is 13.1. The van der Waals surface area contributed by atoms with E-state index < -0.39 is 4.92 Å². The molecule has 0 atom stereocenters. The molecule has 0 bridgehead atoms. The Morgan fingerprint density at radius 2 is 2.33 bits per heavy atom. The molecule has 1 heterocycles. The Kier molecular flexibility index (Phi) is 3.90. The van der Waals surface area contributed by atoms with Gasteiger partial charge in [-0.25, -0.2) is 4.98 Å². The second kappa shape index (κ2) is 5.42. The van der Waals surface area contributed by atoms with Crippen LogP contribution in [0.1, 0.15) is 11.4 Å². The molecular weight excluding hydrogens is 274 g/mol. The van der Waals surface area contributed by atoms with Gasteiger partial charge in [0, 0.05) is 6.07 Å². The summed E-state index contributed by atoms with van der Waals surface area (Å²) in [6, 6.07) is 4.64. The summed E-state index contributed by atoms with van der Waals surface area (Å²) in [6.07, 6.45) is 0. The van der Waals surface area contributed by atoms with Gasteiger partial charge in [0.2, 0.25) is 0 Å². The second-order valence-electron chi connectivity index (χ2n) is 3.43. The van der Waals surface area contributed by atoms with Crippen LogP contribution in [0.4, 0.5) is 5.69 Å². The summed E-state index contributed by atoms with van der Waals surface area (Å²) in [5.74, 6) is 0.650. The summed E-state index contributed by atoms with van der Waals surface area (Å²) in [5.41, 5.74) is 0.485. The van der Waals surface area contributed by atoms with Crippen molar-refractivity contribution < 1.29 is 10.0 Å². The molecule has 8 heteroatoms. The molecule has 0 fully saturated rings. The first-order chi connectivity index (χ1) is 8.60. The summed E-state index contributed by atoms with van der Waals surface area (Å²) in [4.78, 5) is 15.1. The summed E-state index contributed by atoms with van der Waals surface area (Å²) in [6.45, 7) is 1.55. The fraction of sp³-hybridized carbons (Fsp3) is 0.200. The molecule has 1 aromatic carbocycles. The van der Waals surface area contributed by atoms with E-state index in [1.165, 1.54) is 29.4 Å². The van der Waals surface area contributed by atoms with Crippen LogP contribution in [0, 0.1) is 17.0 Å². The molecule has 0 unspecified atom stereocenters. The van der Waals surface area contributed by atoms with Crippen molar-refractivity contribution in [2.75, 3.05) is 0 Å². The number of hydrogen-bond acceptors (Lipinski definition) is 7. The number of aliphatic hydroxyl groups excluding tert-OH is 1. The lowest BCUT2D eigenvalue weighted by molar-refractivity contribution is -0.387. The van der Waals surface area contributed by atoms with Crippen molar-refractivity contribution in [2.45, 2.75) is 22.8 Å². The van der Waals surface area contributed by atoms with Crippen LogP contribution in [0.5, 0.6) is 0 Å². The third-order valence-electron chi connectivity index (χ3n) is 2.11. The van der Waals surface area contributed by atoms with Gasteiger partial charge >= 0.3 is 0 Å². The minimum Gasteiger partial charge on any atom is -0.392 e. The first-order valence-corrected chi connectivity index (χ1v) is 6.55. The Bertz CT molecular complexity index is 585. The van der Waals surface area contributed by atoms with E-state index in [0.29, 0.717) is 20.6 Å². The van der Waals surface area contributed by atoms with Gasteiger partial charge in [0.25, 0.3) is 5.69 Å². The number of hydrogen-bond donors (Lipinski definition) is 1. The molecule has 0 radical (unpaired) electrons. The normalized spacial score (nSPS) is 10.6. The van der Waals surface area contributed by atoms with Crippen molar-refractivity contribution >= 4 is 29.0 Å². The van der Waals surface area contributed by atoms with Gasteiger partial charge in [-0.2, -0.15) is 4.37 Å². The molecule has 94 valence electrons. The third-order valence-corrected chi connectivity index (χ3v) is 4.02. The number of aryl methyl sites for hydroxylation is 1. The zero-order valence-electron chi connectivity index (χ0n) is 9.36. The van der Waals surface area contributed by atoms with Crippen molar-refractivity contribution in [1.82, 2.24) is 9.36 Å². The Morgan fingerprint density at radius 1 is 1.56 bits per heavy atom. The highest BCUT2D eigenvalue weighted by atomic mass is 32.2. The molecule has 0 aliphatic rings. The van der Waals surface area contributed by atoms with Crippen molar-refractivity contribution in [1.29, 1.82) is 0 Å². The van der Waals surface area contributed by atoms with Gasteiger partial charge in [-0.05, 0) is 30.1 Å². The van der Waals surface area contributed by atoms with Gasteiger partial charge in [-0.3, -0.25) is 10.1 Å². The number of rotatable bonds is 4. The first kappa shape index (κ1) is 12.9. The topological polar surface area (TPSA) is 89.2 Å². The van der Waals surface area contributed by atoms with Gasteiger partial charge in [-0.15, -0.1) is 0 Å². The van der Waals surface area contributed by atoms with Gasteiger partial charge < -0.3 is 5.11 Å². The number of nitro benzene ring substituents is 1. The lowest BCUT2D eigenvalue weighted by Crippen LogP contribution is -1.93. The molecule has 0 aliphatic carbocycles. The molecule has 18 heavy (non-hydrogen) atoms. The van der Waals surface area contributed by atoms with Crippen LogP contribution in [0.25, 0.3) is 0 Å². The summed E-state index contributed by atoms with van der Waals surface area (Å²) in [5, 5.41) is 19.9. The Morgan fingerprint density at radius 3 is 2.89 bits per heavy atom. The number of aliphatic hydroxyl groups is 1. The van der Waals surface area contributed by atoms with Crippen molar-refractivity contribution in [2.24, 2.45) is 0 Å². The SMILES string of the molecule is Cc1nsc(Sc2ccc(CO)cc2[N+](=O)[O-])n1. The Balaban J connectivity index is 2.34. The largest absolute Gasteiger partial charge is 0.392 e. The monoisotopic (exact) mass is 283 g/mol. The summed E-state index contributed by atoms with van der Waals surface area (Å²) in [7, 11) is 0. The fourth-order valence-corrected chi connectivity index (χ4v) is 3.00. The van der Waals surface area contributed by atoms with E-state index >= 15 is 0 Å². The molecule has 2 rings (SSSR count). The Labute approximate surface area is 111 Å². The quantitative estimate of drug-likeness (QED) is 0.684. The van der Waals surface area contributed by atoms with E-state index in [2.05, 4.69) is 9.36 Å². The van der Waals surface area contributed by atoms with Crippen LogP contribution in [0.2, 0.25) is 0 Å². The maximum absolute atomic E-state index is 11.0. The van der Waals surface area contributed by atoms with Crippen LogP contribution in [0.15, 0.2) is 27.4 Å². The highest BCUT2D eigenvalue weighted by Gasteiger charge is 2.17.